The van der Waals surface area contributed by atoms with Gasteiger partial charge in [-0.05, 0) is 12.0 Å². The Morgan fingerprint density at radius 2 is 2.00 bits per heavy atom. The minimum atomic E-state index is -0.116. The molecule has 1 saturated heterocycles. The molecule has 2 nitrogen and oxygen atoms in total. The molecule has 86 valence electrons. The van der Waals surface area contributed by atoms with E-state index in [1.165, 1.54) is 5.56 Å². The molecule has 0 amide bonds. The van der Waals surface area contributed by atoms with Crippen molar-refractivity contribution in [2.24, 2.45) is 5.41 Å². The largest absolute Gasteiger partial charge is 0.298 e. The first-order valence-corrected chi connectivity index (χ1v) is 5.93. The molecule has 0 spiro atoms. The van der Waals surface area contributed by atoms with Crippen LogP contribution < -0.4 is 0 Å². The lowest BCUT2D eigenvalue weighted by Crippen LogP contribution is -2.26. The van der Waals surface area contributed by atoms with Gasteiger partial charge in [-0.2, -0.15) is 0 Å². The highest BCUT2D eigenvalue weighted by Gasteiger charge is 2.39. The van der Waals surface area contributed by atoms with Crippen LogP contribution in [0, 0.1) is 5.41 Å². The summed E-state index contributed by atoms with van der Waals surface area (Å²) >= 11 is 0. The van der Waals surface area contributed by atoms with Crippen LogP contribution >= 0.6 is 0 Å². The highest BCUT2D eigenvalue weighted by atomic mass is 16.1. The van der Waals surface area contributed by atoms with Crippen LogP contribution in [0.5, 0.6) is 0 Å². The molecule has 1 atom stereocenters. The number of ketones is 1. The molecule has 0 aliphatic carbocycles. The van der Waals surface area contributed by atoms with Crippen LogP contribution in [0.4, 0.5) is 0 Å². The summed E-state index contributed by atoms with van der Waals surface area (Å²) in [6.45, 7) is 6.59. The third kappa shape index (κ3) is 2.17. The molecule has 1 aliphatic heterocycles. The van der Waals surface area contributed by atoms with E-state index in [0.717, 1.165) is 19.5 Å². The molecule has 2 heteroatoms. The molecular formula is C14H19NO. The molecule has 1 unspecified atom stereocenters. The second kappa shape index (κ2) is 4.38. The third-order valence-electron chi connectivity index (χ3n) is 3.64. The molecule has 2 rings (SSSR count). The molecule has 16 heavy (non-hydrogen) atoms. The second-order valence-electron chi connectivity index (χ2n) is 4.97. The summed E-state index contributed by atoms with van der Waals surface area (Å²) in [4.78, 5) is 14.1. The van der Waals surface area contributed by atoms with Gasteiger partial charge < -0.3 is 0 Å². The zero-order valence-corrected chi connectivity index (χ0v) is 10.1. The van der Waals surface area contributed by atoms with Crippen molar-refractivity contribution in [1.82, 2.24) is 4.90 Å². The lowest BCUT2D eigenvalue weighted by atomic mass is 9.86. The van der Waals surface area contributed by atoms with Crippen molar-refractivity contribution >= 4 is 5.78 Å². The number of nitrogens with zero attached hydrogens (tertiary/aromatic N) is 1. The Labute approximate surface area is 97.3 Å². The SMILES string of the molecule is CCC1(C)CN(Cc2ccccc2)CC1=O. The van der Waals surface area contributed by atoms with E-state index >= 15 is 0 Å². The topological polar surface area (TPSA) is 20.3 Å². The maximum atomic E-state index is 11.9. The molecule has 1 aromatic carbocycles. The van der Waals surface area contributed by atoms with Crippen molar-refractivity contribution in [2.45, 2.75) is 26.8 Å². The Bertz CT molecular complexity index is 374. The predicted octanol–water partition coefficient (Wildman–Crippen LogP) is 2.49. The van der Waals surface area contributed by atoms with Crippen LogP contribution in [0.3, 0.4) is 0 Å². The van der Waals surface area contributed by atoms with Gasteiger partial charge in [0, 0.05) is 18.5 Å². The highest BCUT2D eigenvalue weighted by Crippen LogP contribution is 2.30. The van der Waals surface area contributed by atoms with Gasteiger partial charge in [0.1, 0.15) is 0 Å². The summed E-state index contributed by atoms with van der Waals surface area (Å²) in [5.74, 6) is 0.394. The van der Waals surface area contributed by atoms with Crippen LogP contribution in [-0.2, 0) is 11.3 Å². The summed E-state index contributed by atoms with van der Waals surface area (Å²) in [5, 5.41) is 0. The maximum absolute atomic E-state index is 11.9. The van der Waals surface area contributed by atoms with E-state index in [-0.39, 0.29) is 5.41 Å². The van der Waals surface area contributed by atoms with Gasteiger partial charge >= 0.3 is 0 Å². The van der Waals surface area contributed by atoms with E-state index in [1.807, 2.05) is 18.2 Å². The summed E-state index contributed by atoms with van der Waals surface area (Å²) in [6.07, 6.45) is 0.942. The van der Waals surface area contributed by atoms with E-state index in [4.69, 9.17) is 0 Å². The Kier molecular flexibility index (Phi) is 3.10. The van der Waals surface area contributed by atoms with E-state index < -0.39 is 0 Å². The van der Waals surface area contributed by atoms with Crippen LogP contribution in [0.25, 0.3) is 0 Å². The summed E-state index contributed by atoms with van der Waals surface area (Å²) < 4.78 is 0. The molecular weight excluding hydrogens is 198 g/mol. The number of rotatable bonds is 3. The fourth-order valence-electron chi connectivity index (χ4n) is 2.29. The lowest BCUT2D eigenvalue weighted by Gasteiger charge is -2.21. The number of likely N-dealkylation sites (tertiary alicyclic amines) is 1. The normalized spacial score (nSPS) is 26.2. The predicted molar refractivity (Wildman–Crippen MR) is 65.1 cm³/mol. The lowest BCUT2D eigenvalue weighted by molar-refractivity contribution is -0.123. The molecule has 0 saturated carbocycles. The molecule has 1 fully saturated rings. The minimum absolute atomic E-state index is 0.116. The van der Waals surface area contributed by atoms with Gasteiger partial charge in [0.25, 0.3) is 0 Å². The van der Waals surface area contributed by atoms with Gasteiger partial charge in [-0.25, -0.2) is 0 Å². The highest BCUT2D eigenvalue weighted by molar-refractivity contribution is 5.88. The molecule has 0 N–H and O–H groups in total. The van der Waals surface area contributed by atoms with Gasteiger partial charge in [0.15, 0.2) is 5.78 Å². The van der Waals surface area contributed by atoms with Gasteiger partial charge in [-0.15, -0.1) is 0 Å². The molecule has 0 aromatic heterocycles. The number of hydrogen-bond acceptors (Lipinski definition) is 2. The zero-order chi connectivity index (χ0) is 11.6. The van der Waals surface area contributed by atoms with Crippen LogP contribution in [0.1, 0.15) is 25.8 Å². The molecule has 1 aromatic rings. The fourth-order valence-corrected chi connectivity index (χ4v) is 2.29. The first-order valence-electron chi connectivity index (χ1n) is 5.93. The summed E-state index contributed by atoms with van der Waals surface area (Å²) in [5.41, 5.74) is 1.17. The Hall–Kier alpha value is -1.15. The average Bonchev–Trinajstić information content (AvgIpc) is 2.56. The van der Waals surface area contributed by atoms with Crippen molar-refractivity contribution in [1.29, 1.82) is 0 Å². The number of carbonyl (C=O) groups is 1. The third-order valence-corrected chi connectivity index (χ3v) is 3.64. The average molecular weight is 217 g/mol. The Balaban J connectivity index is 2.02. The number of hydrogen-bond donors (Lipinski definition) is 0. The van der Waals surface area contributed by atoms with Crippen LogP contribution in [-0.4, -0.2) is 23.8 Å². The molecule has 1 aliphatic rings. The van der Waals surface area contributed by atoms with E-state index in [9.17, 15) is 4.79 Å². The molecule has 0 radical (unpaired) electrons. The summed E-state index contributed by atoms with van der Waals surface area (Å²) in [7, 11) is 0. The number of benzene rings is 1. The summed E-state index contributed by atoms with van der Waals surface area (Å²) in [6, 6.07) is 10.4. The van der Waals surface area contributed by atoms with Crippen molar-refractivity contribution in [2.75, 3.05) is 13.1 Å². The minimum Gasteiger partial charge on any atom is -0.298 e. The van der Waals surface area contributed by atoms with Crippen molar-refractivity contribution in [3.8, 4) is 0 Å². The maximum Gasteiger partial charge on any atom is 0.153 e. The first-order chi connectivity index (χ1) is 7.64. The number of Topliss-reactive ketones (excluding diaryl/α,β-unsaturated/α-hetero) is 1. The Morgan fingerprint density at radius 3 is 2.56 bits per heavy atom. The standard InChI is InChI=1S/C14H19NO/c1-3-14(2)11-15(10-13(14)16)9-12-7-5-4-6-8-12/h4-8H,3,9-11H2,1-2H3. The van der Waals surface area contributed by atoms with E-state index in [1.54, 1.807) is 0 Å². The second-order valence-corrected chi connectivity index (χ2v) is 4.97. The first kappa shape index (κ1) is 11.3. The Morgan fingerprint density at radius 1 is 1.31 bits per heavy atom. The van der Waals surface area contributed by atoms with E-state index in [2.05, 4.69) is 30.9 Å². The molecule has 1 heterocycles. The number of carbonyl (C=O) groups excluding carboxylic acids is 1. The van der Waals surface area contributed by atoms with Crippen molar-refractivity contribution in [3.63, 3.8) is 0 Å². The van der Waals surface area contributed by atoms with E-state index in [0.29, 0.717) is 12.3 Å². The van der Waals surface area contributed by atoms with Crippen molar-refractivity contribution < 1.29 is 4.79 Å². The molecule has 0 bridgehead atoms. The zero-order valence-electron chi connectivity index (χ0n) is 10.1. The smallest absolute Gasteiger partial charge is 0.153 e. The van der Waals surface area contributed by atoms with Crippen LogP contribution in [0.15, 0.2) is 30.3 Å². The van der Waals surface area contributed by atoms with Gasteiger partial charge in [-0.3, -0.25) is 9.69 Å². The quantitative estimate of drug-likeness (QED) is 0.775. The fraction of sp³-hybridized carbons (Fsp3) is 0.500. The van der Waals surface area contributed by atoms with Gasteiger partial charge in [-0.1, -0.05) is 44.2 Å². The monoisotopic (exact) mass is 217 g/mol. The van der Waals surface area contributed by atoms with Crippen molar-refractivity contribution in [3.05, 3.63) is 35.9 Å². The van der Waals surface area contributed by atoms with Gasteiger partial charge in [0.2, 0.25) is 0 Å². The van der Waals surface area contributed by atoms with Gasteiger partial charge in [0.05, 0.1) is 6.54 Å². The van der Waals surface area contributed by atoms with Crippen LogP contribution in [0.2, 0.25) is 0 Å².